The zero-order chi connectivity index (χ0) is 17.4. The molecule has 2 amide bonds. The molecule has 0 unspecified atom stereocenters. The van der Waals surface area contributed by atoms with Gasteiger partial charge in [0.2, 0.25) is 11.8 Å². The molecule has 4 aliphatic rings. The molecule has 5 nitrogen and oxygen atoms in total. The number of carbonyl (C=O) groups is 2. The quantitative estimate of drug-likeness (QED) is 0.879. The molecule has 4 saturated carbocycles. The van der Waals surface area contributed by atoms with Crippen molar-refractivity contribution in [3.63, 3.8) is 0 Å². The third-order valence-corrected chi connectivity index (χ3v) is 6.16. The van der Waals surface area contributed by atoms with Crippen LogP contribution >= 0.6 is 0 Å². The van der Waals surface area contributed by atoms with Gasteiger partial charge in [-0.3, -0.25) is 9.59 Å². The summed E-state index contributed by atoms with van der Waals surface area (Å²) in [5.41, 5.74) is 1.12. The lowest BCUT2D eigenvalue weighted by Crippen LogP contribution is -2.51. The first-order valence-electron chi connectivity index (χ1n) is 9.15. The van der Waals surface area contributed by atoms with E-state index in [0.29, 0.717) is 11.4 Å². The Labute approximate surface area is 147 Å². The molecule has 0 saturated heterocycles. The third kappa shape index (κ3) is 3.13. The number of anilines is 2. The largest absolute Gasteiger partial charge is 0.326 e. The van der Waals surface area contributed by atoms with Gasteiger partial charge < -0.3 is 10.6 Å². The molecule has 5 heteroatoms. The number of benzene rings is 1. The maximum Gasteiger partial charge on any atom is 0.238 e. The van der Waals surface area contributed by atoms with Gasteiger partial charge in [-0.1, -0.05) is 6.07 Å². The molecule has 4 aliphatic carbocycles. The SMILES string of the molecule is N#CCC(=O)Nc1cccc(NC(=O)C23CC4CC(CC(C4)C2)C3)c1. The lowest BCUT2D eigenvalue weighted by Gasteiger charge is -2.55. The molecule has 0 spiro atoms. The van der Waals surface area contributed by atoms with Crippen molar-refractivity contribution >= 4 is 23.2 Å². The maximum atomic E-state index is 13.1. The van der Waals surface area contributed by atoms with Crippen molar-refractivity contribution in [1.29, 1.82) is 5.26 Å². The van der Waals surface area contributed by atoms with Gasteiger partial charge in [0, 0.05) is 11.4 Å². The van der Waals surface area contributed by atoms with Crippen LogP contribution in [-0.4, -0.2) is 11.8 Å². The Kier molecular flexibility index (Phi) is 3.99. The maximum absolute atomic E-state index is 13.1. The van der Waals surface area contributed by atoms with E-state index < -0.39 is 0 Å². The van der Waals surface area contributed by atoms with Crippen LogP contribution in [-0.2, 0) is 9.59 Å². The zero-order valence-electron chi connectivity index (χ0n) is 14.3. The number of carbonyl (C=O) groups excluding carboxylic acids is 2. The van der Waals surface area contributed by atoms with Crippen LogP contribution in [0.2, 0.25) is 0 Å². The van der Waals surface area contributed by atoms with Gasteiger partial charge in [-0.25, -0.2) is 0 Å². The molecular formula is C20H23N3O2. The molecule has 1 aromatic rings. The zero-order valence-corrected chi connectivity index (χ0v) is 14.3. The van der Waals surface area contributed by atoms with Crippen LogP contribution < -0.4 is 10.6 Å². The standard InChI is InChI=1S/C20H23N3O2/c21-5-4-18(24)22-16-2-1-3-17(9-16)23-19(25)20-10-13-6-14(11-20)8-15(7-13)12-20/h1-3,9,13-15H,4,6-8,10-12H2,(H,22,24)(H,23,25). The highest BCUT2D eigenvalue weighted by Gasteiger charge is 2.54. The molecule has 0 radical (unpaired) electrons. The Morgan fingerprint density at radius 3 is 2.16 bits per heavy atom. The van der Waals surface area contributed by atoms with Gasteiger partial charge in [-0.05, 0) is 74.5 Å². The predicted octanol–water partition coefficient (Wildman–Crippen LogP) is 3.69. The summed E-state index contributed by atoms with van der Waals surface area (Å²) in [7, 11) is 0. The molecule has 0 atom stereocenters. The Bertz CT molecular complexity index is 714. The van der Waals surface area contributed by atoms with Gasteiger partial charge in [0.25, 0.3) is 0 Å². The van der Waals surface area contributed by atoms with Crippen LogP contribution in [0.5, 0.6) is 0 Å². The predicted molar refractivity (Wildman–Crippen MR) is 94.5 cm³/mol. The molecule has 4 bridgehead atoms. The Morgan fingerprint density at radius 1 is 1.04 bits per heavy atom. The number of nitrogens with zero attached hydrogens (tertiary/aromatic N) is 1. The highest BCUT2D eigenvalue weighted by Crippen LogP contribution is 2.60. The minimum atomic E-state index is -0.341. The number of hydrogen-bond donors (Lipinski definition) is 2. The highest BCUT2D eigenvalue weighted by atomic mass is 16.2. The first-order chi connectivity index (χ1) is 12.1. The summed E-state index contributed by atoms with van der Waals surface area (Å²) in [4.78, 5) is 24.6. The summed E-state index contributed by atoms with van der Waals surface area (Å²) in [6, 6.07) is 8.99. The lowest BCUT2D eigenvalue weighted by atomic mass is 9.49. The minimum absolute atomic E-state index is 0.145. The number of hydrogen-bond acceptors (Lipinski definition) is 3. The lowest BCUT2D eigenvalue weighted by molar-refractivity contribution is -0.140. The second-order valence-corrected chi connectivity index (χ2v) is 8.12. The average molecular weight is 337 g/mol. The first-order valence-corrected chi connectivity index (χ1v) is 9.15. The topological polar surface area (TPSA) is 82.0 Å². The van der Waals surface area contributed by atoms with Crippen molar-refractivity contribution in [3.05, 3.63) is 24.3 Å². The van der Waals surface area contributed by atoms with Crippen LogP contribution in [0, 0.1) is 34.5 Å². The van der Waals surface area contributed by atoms with E-state index in [2.05, 4.69) is 10.6 Å². The highest BCUT2D eigenvalue weighted by molar-refractivity contribution is 5.97. The van der Waals surface area contributed by atoms with E-state index in [9.17, 15) is 9.59 Å². The molecule has 4 fully saturated rings. The van der Waals surface area contributed by atoms with E-state index in [0.717, 1.165) is 37.0 Å². The summed E-state index contributed by atoms with van der Waals surface area (Å²) < 4.78 is 0. The number of rotatable bonds is 4. The molecule has 0 aromatic heterocycles. The summed E-state index contributed by atoms with van der Waals surface area (Å²) >= 11 is 0. The molecule has 1 aromatic carbocycles. The van der Waals surface area contributed by atoms with Crippen molar-refractivity contribution in [2.45, 2.75) is 44.9 Å². The van der Waals surface area contributed by atoms with E-state index in [1.807, 2.05) is 12.1 Å². The molecule has 0 aliphatic heterocycles. The van der Waals surface area contributed by atoms with Gasteiger partial charge in [-0.2, -0.15) is 5.26 Å². The monoisotopic (exact) mass is 337 g/mol. The van der Waals surface area contributed by atoms with Crippen molar-refractivity contribution in [3.8, 4) is 6.07 Å². The second kappa shape index (κ2) is 6.18. The summed E-state index contributed by atoms with van der Waals surface area (Å²) in [6.45, 7) is 0. The summed E-state index contributed by atoms with van der Waals surface area (Å²) in [5, 5.41) is 14.3. The van der Waals surface area contributed by atoms with Crippen molar-refractivity contribution < 1.29 is 9.59 Å². The molecular weight excluding hydrogens is 314 g/mol. The Morgan fingerprint density at radius 2 is 1.60 bits per heavy atom. The van der Waals surface area contributed by atoms with Crippen molar-refractivity contribution in [2.24, 2.45) is 23.2 Å². The molecule has 130 valence electrons. The van der Waals surface area contributed by atoms with Gasteiger partial charge in [-0.15, -0.1) is 0 Å². The molecule has 5 rings (SSSR count). The van der Waals surface area contributed by atoms with Crippen LogP contribution in [0.1, 0.15) is 44.9 Å². The molecule has 0 heterocycles. The van der Waals surface area contributed by atoms with Gasteiger partial charge in [0.05, 0.1) is 11.5 Å². The fourth-order valence-corrected chi connectivity index (χ4v) is 5.60. The van der Waals surface area contributed by atoms with Crippen LogP contribution in [0.25, 0.3) is 0 Å². The minimum Gasteiger partial charge on any atom is -0.326 e. The van der Waals surface area contributed by atoms with Gasteiger partial charge in [0.15, 0.2) is 0 Å². The van der Waals surface area contributed by atoms with E-state index in [-0.39, 0.29) is 23.7 Å². The third-order valence-electron chi connectivity index (χ3n) is 6.16. The summed E-state index contributed by atoms with van der Waals surface area (Å²) in [5.74, 6) is 2.00. The van der Waals surface area contributed by atoms with E-state index in [1.54, 1.807) is 18.2 Å². The van der Waals surface area contributed by atoms with Crippen molar-refractivity contribution in [1.82, 2.24) is 0 Å². The van der Waals surface area contributed by atoms with E-state index in [1.165, 1.54) is 19.3 Å². The number of nitriles is 1. The number of amides is 2. The Balaban J connectivity index is 1.46. The van der Waals surface area contributed by atoms with Crippen molar-refractivity contribution in [2.75, 3.05) is 10.6 Å². The first kappa shape index (κ1) is 16.1. The smallest absolute Gasteiger partial charge is 0.238 e. The van der Waals surface area contributed by atoms with Crippen LogP contribution in [0.3, 0.4) is 0 Å². The van der Waals surface area contributed by atoms with E-state index in [4.69, 9.17) is 5.26 Å². The average Bonchev–Trinajstić information content (AvgIpc) is 2.54. The molecule has 25 heavy (non-hydrogen) atoms. The van der Waals surface area contributed by atoms with Gasteiger partial charge >= 0.3 is 0 Å². The fourth-order valence-electron chi connectivity index (χ4n) is 5.60. The number of nitrogens with one attached hydrogen (secondary N) is 2. The van der Waals surface area contributed by atoms with Gasteiger partial charge in [0.1, 0.15) is 6.42 Å². The Hall–Kier alpha value is -2.35. The fraction of sp³-hybridized carbons (Fsp3) is 0.550. The molecule has 2 N–H and O–H groups in total. The normalized spacial score (nSPS) is 32.0. The second-order valence-electron chi connectivity index (χ2n) is 8.12. The van der Waals surface area contributed by atoms with E-state index >= 15 is 0 Å². The van der Waals surface area contributed by atoms with Crippen LogP contribution in [0.15, 0.2) is 24.3 Å². The summed E-state index contributed by atoms with van der Waals surface area (Å²) in [6.07, 6.45) is 6.85. The van der Waals surface area contributed by atoms with Crippen LogP contribution in [0.4, 0.5) is 11.4 Å².